The summed E-state index contributed by atoms with van der Waals surface area (Å²) >= 11 is 6.14. The largest absolute Gasteiger partial charge is 0.494 e. The topological polar surface area (TPSA) is 82.5 Å². The fourth-order valence-electron chi connectivity index (χ4n) is 3.15. The van der Waals surface area contributed by atoms with E-state index >= 15 is 0 Å². The molecule has 1 heterocycles. The lowest BCUT2D eigenvalue weighted by atomic mass is 10.1. The summed E-state index contributed by atoms with van der Waals surface area (Å²) in [6.07, 6.45) is 1.48. The van der Waals surface area contributed by atoms with Crippen LogP contribution in [0.15, 0.2) is 53.6 Å². The Kier molecular flexibility index (Phi) is 7.89. The molecule has 1 amide bonds. The van der Waals surface area contributed by atoms with Gasteiger partial charge in [0.1, 0.15) is 11.5 Å². The van der Waals surface area contributed by atoms with Crippen LogP contribution in [0.3, 0.4) is 0 Å². The minimum atomic E-state index is -0.276. The molecular weight excluding hydrogens is 430 g/mol. The van der Waals surface area contributed by atoms with Gasteiger partial charge in [-0.1, -0.05) is 11.6 Å². The van der Waals surface area contributed by atoms with Crippen LogP contribution >= 0.6 is 11.6 Å². The number of aromatic nitrogens is 2. The third kappa shape index (κ3) is 6.11. The number of hydrogen-bond donors (Lipinski definition) is 1. The van der Waals surface area contributed by atoms with E-state index in [1.165, 1.54) is 17.0 Å². The molecule has 32 heavy (non-hydrogen) atoms. The van der Waals surface area contributed by atoms with Gasteiger partial charge in [-0.05, 0) is 68.3 Å². The highest BCUT2D eigenvalue weighted by Gasteiger charge is 2.08. The van der Waals surface area contributed by atoms with E-state index in [1.807, 2.05) is 45.0 Å². The highest BCUT2D eigenvalue weighted by atomic mass is 35.5. The summed E-state index contributed by atoms with van der Waals surface area (Å²) in [7, 11) is 0. The van der Waals surface area contributed by atoms with Gasteiger partial charge >= 0.3 is 0 Å². The number of aryl methyl sites for hydroxylation is 2. The Morgan fingerprint density at radius 1 is 1.06 bits per heavy atom. The SMILES string of the molecule is CCOc1ccc(-c2cc(=O)n(CCNC(=O)COc3cc(C)c(Cl)c(C)c3)cn2)cc1. The second-order valence-electron chi connectivity index (χ2n) is 7.27. The van der Waals surface area contributed by atoms with Crippen LogP contribution in [0.25, 0.3) is 11.3 Å². The van der Waals surface area contributed by atoms with E-state index in [4.69, 9.17) is 21.1 Å². The number of carbonyl (C=O) groups excluding carboxylic acids is 1. The quantitative estimate of drug-likeness (QED) is 0.531. The summed E-state index contributed by atoms with van der Waals surface area (Å²) in [6.45, 7) is 6.75. The van der Waals surface area contributed by atoms with Crippen LogP contribution in [0.1, 0.15) is 18.1 Å². The lowest BCUT2D eigenvalue weighted by molar-refractivity contribution is -0.123. The number of halogens is 1. The minimum Gasteiger partial charge on any atom is -0.494 e. The van der Waals surface area contributed by atoms with Gasteiger partial charge < -0.3 is 14.8 Å². The number of amides is 1. The first-order valence-electron chi connectivity index (χ1n) is 10.3. The van der Waals surface area contributed by atoms with Crippen molar-refractivity contribution in [1.82, 2.24) is 14.9 Å². The van der Waals surface area contributed by atoms with E-state index in [-0.39, 0.29) is 24.6 Å². The normalized spacial score (nSPS) is 10.6. The van der Waals surface area contributed by atoms with E-state index in [9.17, 15) is 9.59 Å². The Morgan fingerprint density at radius 3 is 2.38 bits per heavy atom. The molecule has 0 atom stereocenters. The number of ether oxygens (including phenoxy) is 2. The predicted octanol–water partition coefficient (Wildman–Crippen LogP) is 3.77. The van der Waals surface area contributed by atoms with Crippen LogP contribution in [0.2, 0.25) is 5.02 Å². The summed E-state index contributed by atoms with van der Waals surface area (Å²) in [5.74, 6) is 1.08. The molecule has 0 unspecified atom stereocenters. The van der Waals surface area contributed by atoms with Gasteiger partial charge in [0, 0.05) is 29.7 Å². The highest BCUT2D eigenvalue weighted by molar-refractivity contribution is 6.32. The van der Waals surface area contributed by atoms with E-state index in [0.717, 1.165) is 22.4 Å². The van der Waals surface area contributed by atoms with Gasteiger partial charge in [-0.15, -0.1) is 0 Å². The Hall–Kier alpha value is -3.32. The van der Waals surface area contributed by atoms with Gasteiger partial charge in [-0.25, -0.2) is 4.98 Å². The van der Waals surface area contributed by atoms with Gasteiger partial charge in [0.2, 0.25) is 0 Å². The summed E-state index contributed by atoms with van der Waals surface area (Å²) in [5.41, 5.74) is 3.00. The van der Waals surface area contributed by atoms with Crippen LogP contribution in [0.4, 0.5) is 0 Å². The summed E-state index contributed by atoms with van der Waals surface area (Å²) in [6, 6.07) is 12.5. The number of nitrogens with one attached hydrogen (secondary N) is 1. The van der Waals surface area contributed by atoms with Crippen molar-refractivity contribution >= 4 is 17.5 Å². The molecule has 7 nitrogen and oxygen atoms in total. The van der Waals surface area contributed by atoms with E-state index in [1.54, 1.807) is 12.1 Å². The number of benzene rings is 2. The highest BCUT2D eigenvalue weighted by Crippen LogP contribution is 2.25. The second kappa shape index (κ2) is 10.8. The molecule has 168 valence electrons. The number of nitrogens with zero attached hydrogens (tertiary/aromatic N) is 2. The number of carbonyl (C=O) groups is 1. The average Bonchev–Trinajstić information content (AvgIpc) is 2.78. The van der Waals surface area contributed by atoms with Crippen molar-refractivity contribution in [3.8, 4) is 22.8 Å². The summed E-state index contributed by atoms with van der Waals surface area (Å²) in [4.78, 5) is 28.8. The zero-order valence-corrected chi connectivity index (χ0v) is 19.1. The minimum absolute atomic E-state index is 0.121. The van der Waals surface area contributed by atoms with Crippen molar-refractivity contribution in [2.75, 3.05) is 19.8 Å². The van der Waals surface area contributed by atoms with Crippen molar-refractivity contribution < 1.29 is 14.3 Å². The Labute approximate surface area is 192 Å². The molecule has 8 heteroatoms. The van der Waals surface area contributed by atoms with Gasteiger partial charge in [0.05, 0.1) is 18.6 Å². The molecule has 0 saturated carbocycles. The third-order valence-corrected chi connectivity index (χ3v) is 5.39. The van der Waals surface area contributed by atoms with Crippen molar-refractivity contribution in [2.45, 2.75) is 27.3 Å². The monoisotopic (exact) mass is 455 g/mol. The number of hydrogen-bond acceptors (Lipinski definition) is 5. The molecule has 0 fully saturated rings. The second-order valence-corrected chi connectivity index (χ2v) is 7.65. The summed E-state index contributed by atoms with van der Waals surface area (Å²) < 4.78 is 12.4. The van der Waals surface area contributed by atoms with E-state index in [0.29, 0.717) is 29.6 Å². The maximum Gasteiger partial charge on any atom is 0.258 e. The van der Waals surface area contributed by atoms with Crippen molar-refractivity contribution in [1.29, 1.82) is 0 Å². The zero-order valence-electron chi connectivity index (χ0n) is 18.4. The van der Waals surface area contributed by atoms with Gasteiger partial charge in [-0.3, -0.25) is 14.2 Å². The smallest absolute Gasteiger partial charge is 0.258 e. The lowest BCUT2D eigenvalue weighted by Gasteiger charge is -2.11. The van der Waals surface area contributed by atoms with Crippen molar-refractivity contribution in [3.05, 3.63) is 75.3 Å². The molecule has 0 spiro atoms. The van der Waals surface area contributed by atoms with Gasteiger partial charge in [-0.2, -0.15) is 0 Å². The van der Waals surface area contributed by atoms with E-state index < -0.39 is 0 Å². The van der Waals surface area contributed by atoms with Gasteiger partial charge in [0.15, 0.2) is 6.61 Å². The molecule has 0 aliphatic carbocycles. The Balaban J connectivity index is 1.50. The standard InChI is InChI=1S/C24H26ClN3O4/c1-4-31-19-7-5-18(6-8-19)21-13-23(30)28(15-27-21)10-9-26-22(29)14-32-20-11-16(2)24(25)17(3)12-20/h5-8,11-13,15H,4,9-10,14H2,1-3H3,(H,26,29). The van der Waals surface area contributed by atoms with E-state index in [2.05, 4.69) is 10.3 Å². The van der Waals surface area contributed by atoms with Crippen molar-refractivity contribution in [2.24, 2.45) is 0 Å². The fourth-order valence-corrected chi connectivity index (χ4v) is 3.25. The molecule has 1 aromatic heterocycles. The molecule has 3 aromatic rings. The lowest BCUT2D eigenvalue weighted by Crippen LogP contribution is -2.33. The first-order valence-corrected chi connectivity index (χ1v) is 10.7. The molecular formula is C24H26ClN3O4. The molecule has 0 saturated heterocycles. The van der Waals surface area contributed by atoms with Crippen LogP contribution < -0.4 is 20.3 Å². The first kappa shape index (κ1) is 23.3. The molecule has 0 radical (unpaired) electrons. The Bertz CT molecular complexity index is 1120. The first-order chi connectivity index (χ1) is 15.4. The fraction of sp³-hybridized carbons (Fsp3) is 0.292. The van der Waals surface area contributed by atoms with Crippen LogP contribution in [-0.4, -0.2) is 35.2 Å². The van der Waals surface area contributed by atoms with Crippen LogP contribution in [-0.2, 0) is 11.3 Å². The molecule has 2 aromatic carbocycles. The molecule has 0 aliphatic heterocycles. The predicted molar refractivity (Wildman–Crippen MR) is 125 cm³/mol. The molecule has 0 bridgehead atoms. The summed E-state index contributed by atoms with van der Waals surface area (Å²) in [5, 5.41) is 3.43. The third-order valence-electron chi connectivity index (χ3n) is 4.80. The van der Waals surface area contributed by atoms with Crippen LogP contribution in [0.5, 0.6) is 11.5 Å². The molecule has 1 N–H and O–H groups in total. The maximum atomic E-state index is 12.4. The van der Waals surface area contributed by atoms with Crippen LogP contribution in [0, 0.1) is 13.8 Å². The van der Waals surface area contributed by atoms with Crippen molar-refractivity contribution in [3.63, 3.8) is 0 Å². The number of rotatable bonds is 9. The molecule has 0 aliphatic rings. The zero-order chi connectivity index (χ0) is 23.1. The average molecular weight is 456 g/mol. The molecule has 3 rings (SSSR count). The van der Waals surface area contributed by atoms with Gasteiger partial charge in [0.25, 0.3) is 11.5 Å². The maximum absolute atomic E-state index is 12.4. The Morgan fingerprint density at radius 2 is 1.75 bits per heavy atom.